The third kappa shape index (κ3) is 4.20. The van der Waals surface area contributed by atoms with E-state index in [0.29, 0.717) is 54.7 Å². The first kappa shape index (κ1) is 20.1. The molecule has 1 amide bonds. The Morgan fingerprint density at radius 1 is 1.23 bits per heavy atom. The number of nitrogens with one attached hydrogen (secondary N) is 1. The molecule has 4 N–H and O–H groups in total. The highest BCUT2D eigenvalue weighted by atomic mass is 16.5. The Labute approximate surface area is 175 Å². The predicted molar refractivity (Wildman–Crippen MR) is 113 cm³/mol. The number of aliphatic hydroxyl groups excluding tert-OH is 1. The summed E-state index contributed by atoms with van der Waals surface area (Å²) in [6.07, 6.45) is 3.49. The number of hydrogen-bond acceptors (Lipinski definition) is 8. The number of nitrogens with two attached hydrogens (primary N) is 1. The van der Waals surface area contributed by atoms with Gasteiger partial charge in [0.1, 0.15) is 30.1 Å². The van der Waals surface area contributed by atoms with Gasteiger partial charge in [-0.15, -0.1) is 0 Å². The first-order valence-corrected chi connectivity index (χ1v) is 10.0. The molecule has 2 heterocycles. The van der Waals surface area contributed by atoms with Crippen LogP contribution < -0.4 is 15.4 Å². The lowest BCUT2D eigenvalue weighted by atomic mass is 10.0. The van der Waals surface area contributed by atoms with E-state index in [1.54, 1.807) is 23.1 Å². The van der Waals surface area contributed by atoms with E-state index in [1.165, 1.54) is 6.33 Å². The molecule has 1 aliphatic heterocycles. The molecule has 2 aromatic rings. The molecule has 4 rings (SSSR count). The summed E-state index contributed by atoms with van der Waals surface area (Å²) < 4.78 is 6.01. The fraction of sp³-hybridized carbons (Fsp3) is 0.429. The van der Waals surface area contributed by atoms with Crippen molar-refractivity contribution < 1.29 is 14.6 Å². The van der Waals surface area contributed by atoms with Crippen molar-refractivity contribution in [2.24, 2.45) is 0 Å². The fourth-order valence-corrected chi connectivity index (χ4v) is 3.46. The standard InChI is InChI=1S/C21H26N6O3/c1-21(4-5-21)30-14-2-3-16(22)15(10-14)20(23)17-11-18(25-13-24-17)26-6-8-27(9-7-26)19(29)12-28/h2-3,10-11,13,23,28H,4-9,12,22H2,1H3. The van der Waals surface area contributed by atoms with Gasteiger partial charge in [-0.3, -0.25) is 10.2 Å². The van der Waals surface area contributed by atoms with E-state index in [0.717, 1.165) is 12.8 Å². The van der Waals surface area contributed by atoms with Gasteiger partial charge in [0.15, 0.2) is 0 Å². The number of benzene rings is 1. The summed E-state index contributed by atoms with van der Waals surface area (Å²) in [7, 11) is 0. The van der Waals surface area contributed by atoms with Gasteiger partial charge < -0.3 is 25.4 Å². The zero-order valence-corrected chi connectivity index (χ0v) is 17.0. The van der Waals surface area contributed by atoms with Crippen LogP contribution in [0.15, 0.2) is 30.6 Å². The highest BCUT2D eigenvalue weighted by molar-refractivity contribution is 6.13. The highest BCUT2D eigenvalue weighted by Crippen LogP contribution is 2.40. The van der Waals surface area contributed by atoms with Gasteiger partial charge in [0.2, 0.25) is 5.91 Å². The van der Waals surface area contributed by atoms with Crippen molar-refractivity contribution in [3.8, 4) is 5.75 Å². The van der Waals surface area contributed by atoms with E-state index in [2.05, 4.69) is 16.9 Å². The van der Waals surface area contributed by atoms with Gasteiger partial charge in [-0.25, -0.2) is 9.97 Å². The van der Waals surface area contributed by atoms with Gasteiger partial charge in [0.05, 0.1) is 11.4 Å². The van der Waals surface area contributed by atoms with Crippen molar-refractivity contribution in [3.63, 3.8) is 0 Å². The van der Waals surface area contributed by atoms with Crippen molar-refractivity contribution in [2.75, 3.05) is 43.4 Å². The molecule has 1 saturated heterocycles. The van der Waals surface area contributed by atoms with Gasteiger partial charge in [0, 0.05) is 43.5 Å². The second kappa shape index (κ2) is 7.91. The van der Waals surface area contributed by atoms with Crippen LogP contribution >= 0.6 is 0 Å². The van der Waals surface area contributed by atoms with Crippen LogP contribution in [0.25, 0.3) is 0 Å². The van der Waals surface area contributed by atoms with Gasteiger partial charge in [-0.1, -0.05) is 0 Å². The molecule has 9 nitrogen and oxygen atoms in total. The van der Waals surface area contributed by atoms with Crippen molar-refractivity contribution in [2.45, 2.75) is 25.4 Å². The van der Waals surface area contributed by atoms with Crippen LogP contribution in [0.4, 0.5) is 11.5 Å². The number of amides is 1. The maximum absolute atomic E-state index is 11.6. The molecule has 2 aliphatic rings. The number of piperazine rings is 1. The fourth-order valence-electron chi connectivity index (χ4n) is 3.46. The molecule has 0 radical (unpaired) electrons. The minimum Gasteiger partial charge on any atom is -0.488 e. The van der Waals surface area contributed by atoms with Crippen LogP contribution in [0.3, 0.4) is 0 Å². The molecule has 1 aliphatic carbocycles. The second-order valence-corrected chi connectivity index (χ2v) is 7.96. The molecule has 0 bridgehead atoms. The molecule has 9 heteroatoms. The van der Waals surface area contributed by atoms with E-state index < -0.39 is 6.61 Å². The Hall–Kier alpha value is -3.20. The average molecular weight is 410 g/mol. The molecule has 158 valence electrons. The third-order valence-corrected chi connectivity index (χ3v) is 5.61. The van der Waals surface area contributed by atoms with Gasteiger partial charge in [-0.2, -0.15) is 0 Å². The smallest absolute Gasteiger partial charge is 0.248 e. The lowest BCUT2D eigenvalue weighted by Gasteiger charge is -2.35. The number of carbonyl (C=O) groups excluding carboxylic acids is 1. The Morgan fingerprint density at radius 2 is 1.97 bits per heavy atom. The summed E-state index contributed by atoms with van der Waals surface area (Å²) in [6, 6.07) is 7.14. The van der Waals surface area contributed by atoms with Crippen molar-refractivity contribution in [3.05, 3.63) is 41.9 Å². The van der Waals surface area contributed by atoms with Crippen molar-refractivity contribution >= 4 is 23.1 Å². The van der Waals surface area contributed by atoms with Crippen LogP contribution in [-0.4, -0.2) is 70.0 Å². The Kier molecular flexibility index (Phi) is 5.29. The number of nitrogen functional groups attached to an aromatic ring is 1. The Morgan fingerprint density at radius 3 is 2.63 bits per heavy atom. The van der Waals surface area contributed by atoms with Gasteiger partial charge >= 0.3 is 0 Å². The molecule has 0 atom stereocenters. The lowest BCUT2D eigenvalue weighted by Crippen LogP contribution is -2.49. The second-order valence-electron chi connectivity index (χ2n) is 7.96. The molecular formula is C21H26N6O3. The molecular weight excluding hydrogens is 384 g/mol. The normalized spacial score (nSPS) is 17.5. The Balaban J connectivity index is 1.51. The Bertz CT molecular complexity index is 967. The molecule has 30 heavy (non-hydrogen) atoms. The van der Waals surface area contributed by atoms with E-state index in [1.807, 2.05) is 11.0 Å². The molecule has 2 fully saturated rings. The van der Waals surface area contributed by atoms with Crippen LogP contribution in [0.1, 0.15) is 31.0 Å². The minimum absolute atomic E-state index is 0.114. The van der Waals surface area contributed by atoms with Gasteiger partial charge in [-0.05, 0) is 38.0 Å². The summed E-state index contributed by atoms with van der Waals surface area (Å²) in [4.78, 5) is 23.9. The third-order valence-electron chi connectivity index (χ3n) is 5.61. The summed E-state index contributed by atoms with van der Waals surface area (Å²) in [6.45, 7) is 3.82. The van der Waals surface area contributed by atoms with Gasteiger partial charge in [0.25, 0.3) is 0 Å². The van der Waals surface area contributed by atoms with Crippen molar-refractivity contribution in [1.29, 1.82) is 5.41 Å². The zero-order chi connectivity index (χ0) is 21.3. The average Bonchev–Trinajstić information content (AvgIpc) is 3.50. The van der Waals surface area contributed by atoms with E-state index >= 15 is 0 Å². The summed E-state index contributed by atoms with van der Waals surface area (Å²) >= 11 is 0. The van der Waals surface area contributed by atoms with E-state index in [-0.39, 0.29) is 17.2 Å². The summed E-state index contributed by atoms with van der Waals surface area (Å²) in [5.41, 5.74) is 7.76. The number of aromatic nitrogens is 2. The largest absolute Gasteiger partial charge is 0.488 e. The minimum atomic E-state index is -0.474. The van der Waals surface area contributed by atoms with E-state index in [9.17, 15) is 4.79 Å². The quantitative estimate of drug-likeness (QED) is 0.479. The number of hydrogen-bond donors (Lipinski definition) is 3. The predicted octanol–water partition coefficient (Wildman–Crippen LogP) is 1.05. The summed E-state index contributed by atoms with van der Waals surface area (Å²) in [5, 5.41) is 17.7. The van der Waals surface area contributed by atoms with Crippen LogP contribution in [0.5, 0.6) is 5.75 Å². The monoisotopic (exact) mass is 410 g/mol. The number of rotatable bonds is 6. The first-order valence-electron chi connectivity index (χ1n) is 10.0. The van der Waals surface area contributed by atoms with Crippen LogP contribution in [0.2, 0.25) is 0 Å². The molecule has 0 spiro atoms. The van der Waals surface area contributed by atoms with E-state index in [4.69, 9.17) is 21.0 Å². The number of aliphatic hydroxyl groups is 1. The topological polar surface area (TPSA) is 129 Å². The molecule has 1 aromatic heterocycles. The van der Waals surface area contributed by atoms with Crippen molar-refractivity contribution in [1.82, 2.24) is 14.9 Å². The van der Waals surface area contributed by atoms with Crippen LogP contribution in [-0.2, 0) is 4.79 Å². The molecule has 1 aromatic carbocycles. The molecule has 0 unspecified atom stereocenters. The first-order chi connectivity index (χ1) is 14.4. The highest BCUT2D eigenvalue weighted by Gasteiger charge is 2.40. The number of anilines is 2. The van der Waals surface area contributed by atoms with Crippen LogP contribution in [0, 0.1) is 5.41 Å². The number of nitrogens with zero attached hydrogens (tertiary/aromatic N) is 4. The zero-order valence-electron chi connectivity index (χ0n) is 17.0. The summed E-state index contributed by atoms with van der Waals surface area (Å²) in [5.74, 6) is 1.12. The maximum Gasteiger partial charge on any atom is 0.248 e. The number of carbonyl (C=O) groups is 1. The maximum atomic E-state index is 11.6. The molecule has 1 saturated carbocycles. The SMILES string of the molecule is CC1(Oc2ccc(N)c(C(=N)c3cc(N4CCN(C(=O)CO)CC4)ncn3)c2)CC1. The lowest BCUT2D eigenvalue weighted by molar-refractivity contribution is -0.134. The number of ether oxygens (including phenoxy) is 1.